The summed E-state index contributed by atoms with van der Waals surface area (Å²) < 4.78 is 5.03. The van der Waals surface area contributed by atoms with Crippen LogP contribution in [0.25, 0.3) is 0 Å². The first-order valence-electron chi connectivity index (χ1n) is 3.85. The Bertz CT molecular complexity index is 246. The van der Waals surface area contributed by atoms with Crippen molar-refractivity contribution in [1.82, 2.24) is 0 Å². The summed E-state index contributed by atoms with van der Waals surface area (Å²) in [6.45, 7) is 4.41. The van der Waals surface area contributed by atoms with Crippen LogP contribution in [0, 0.1) is 0 Å². The number of rotatable bonds is 4. The molecule has 0 spiro atoms. The molecule has 0 aliphatic carbocycles. The van der Waals surface area contributed by atoms with Gasteiger partial charge in [-0.05, 0) is 24.3 Å². The Morgan fingerprint density at radius 1 is 1.38 bits per heavy atom. The van der Waals surface area contributed by atoms with Crippen molar-refractivity contribution in [2.75, 3.05) is 19.0 Å². The first kappa shape index (κ1) is 11.8. The highest BCUT2D eigenvalue weighted by atomic mass is 35.5. The van der Waals surface area contributed by atoms with Gasteiger partial charge in [0.25, 0.3) is 0 Å². The molecule has 0 aliphatic heterocycles. The molecule has 0 saturated carbocycles. The lowest BCUT2D eigenvalue weighted by Crippen LogP contribution is -1.96. The van der Waals surface area contributed by atoms with Crippen molar-refractivity contribution in [2.24, 2.45) is 0 Å². The molecule has 0 amide bonds. The van der Waals surface area contributed by atoms with E-state index in [2.05, 4.69) is 11.9 Å². The Hall–Kier alpha value is -1.15. The fourth-order valence-electron chi connectivity index (χ4n) is 0.899. The van der Waals surface area contributed by atoms with Gasteiger partial charge in [0, 0.05) is 12.2 Å². The minimum atomic E-state index is 0. The third kappa shape index (κ3) is 3.85. The molecular formula is C10H14ClNO. The Kier molecular flexibility index (Phi) is 5.81. The summed E-state index contributed by atoms with van der Waals surface area (Å²) in [5.74, 6) is 0.874. The van der Waals surface area contributed by atoms with Gasteiger partial charge in [0.1, 0.15) is 5.75 Å². The fraction of sp³-hybridized carbons (Fsp3) is 0.200. The van der Waals surface area contributed by atoms with E-state index in [0.717, 1.165) is 18.0 Å². The topological polar surface area (TPSA) is 21.3 Å². The predicted molar refractivity (Wildman–Crippen MR) is 58.9 cm³/mol. The van der Waals surface area contributed by atoms with Crippen LogP contribution in [0.3, 0.4) is 0 Å². The molecule has 13 heavy (non-hydrogen) atoms. The third-order valence-corrected chi connectivity index (χ3v) is 1.54. The lowest BCUT2D eigenvalue weighted by atomic mass is 10.3. The normalized spacial score (nSPS) is 8.38. The van der Waals surface area contributed by atoms with Gasteiger partial charge in [0.2, 0.25) is 0 Å². The second-order valence-electron chi connectivity index (χ2n) is 2.40. The molecule has 0 aromatic heterocycles. The number of nitrogens with one attached hydrogen (secondary N) is 1. The Morgan fingerprint density at radius 2 is 2.00 bits per heavy atom. The van der Waals surface area contributed by atoms with E-state index in [-0.39, 0.29) is 12.4 Å². The van der Waals surface area contributed by atoms with Crippen molar-refractivity contribution in [3.05, 3.63) is 36.9 Å². The average Bonchev–Trinajstić information content (AvgIpc) is 2.15. The van der Waals surface area contributed by atoms with Gasteiger partial charge < -0.3 is 10.1 Å². The summed E-state index contributed by atoms with van der Waals surface area (Å²) in [5.41, 5.74) is 1.08. The van der Waals surface area contributed by atoms with Gasteiger partial charge in [0.15, 0.2) is 0 Å². The highest BCUT2D eigenvalue weighted by Crippen LogP contribution is 2.14. The number of hydrogen-bond acceptors (Lipinski definition) is 2. The predicted octanol–water partition coefficient (Wildman–Crippen LogP) is 2.71. The summed E-state index contributed by atoms with van der Waals surface area (Å²) in [7, 11) is 1.66. The maximum atomic E-state index is 5.03. The highest BCUT2D eigenvalue weighted by Gasteiger charge is 1.90. The van der Waals surface area contributed by atoms with Crippen molar-refractivity contribution < 1.29 is 4.74 Å². The summed E-state index contributed by atoms with van der Waals surface area (Å²) in [6.07, 6.45) is 1.82. The molecule has 0 heterocycles. The van der Waals surface area contributed by atoms with Gasteiger partial charge in [0.05, 0.1) is 7.11 Å². The number of hydrogen-bond donors (Lipinski definition) is 1. The van der Waals surface area contributed by atoms with E-state index in [1.807, 2.05) is 30.3 Å². The molecule has 0 radical (unpaired) electrons. The summed E-state index contributed by atoms with van der Waals surface area (Å²) in [4.78, 5) is 0. The second kappa shape index (κ2) is 6.38. The van der Waals surface area contributed by atoms with Gasteiger partial charge in [-0.25, -0.2) is 0 Å². The fourth-order valence-corrected chi connectivity index (χ4v) is 0.899. The lowest BCUT2D eigenvalue weighted by molar-refractivity contribution is 0.415. The number of halogens is 1. The van der Waals surface area contributed by atoms with Crippen LogP contribution in [0.4, 0.5) is 5.69 Å². The van der Waals surface area contributed by atoms with E-state index in [9.17, 15) is 0 Å². The molecule has 1 aromatic rings. The molecule has 1 aromatic carbocycles. The molecule has 2 nitrogen and oxygen atoms in total. The zero-order valence-electron chi connectivity index (χ0n) is 7.62. The van der Waals surface area contributed by atoms with E-state index < -0.39 is 0 Å². The minimum Gasteiger partial charge on any atom is -0.497 e. The van der Waals surface area contributed by atoms with Crippen LogP contribution < -0.4 is 10.1 Å². The maximum Gasteiger partial charge on any atom is 0.119 e. The zero-order valence-corrected chi connectivity index (χ0v) is 8.43. The Morgan fingerprint density at radius 3 is 2.46 bits per heavy atom. The molecule has 1 rings (SSSR count). The molecule has 0 saturated heterocycles. The SMILES string of the molecule is C=CCNc1ccc(OC)cc1.Cl. The zero-order chi connectivity index (χ0) is 8.81. The number of anilines is 1. The standard InChI is InChI=1S/C10H13NO.ClH/c1-3-8-11-9-4-6-10(12-2)7-5-9;/h3-7,11H,1,8H2,2H3;1H. The van der Waals surface area contributed by atoms with Crippen LogP contribution >= 0.6 is 12.4 Å². The van der Waals surface area contributed by atoms with Crippen LogP contribution in [0.2, 0.25) is 0 Å². The highest BCUT2D eigenvalue weighted by molar-refractivity contribution is 5.85. The quantitative estimate of drug-likeness (QED) is 0.753. The average molecular weight is 200 g/mol. The van der Waals surface area contributed by atoms with Crippen molar-refractivity contribution in [2.45, 2.75) is 0 Å². The van der Waals surface area contributed by atoms with E-state index >= 15 is 0 Å². The van der Waals surface area contributed by atoms with Crippen LogP contribution in [0.1, 0.15) is 0 Å². The Labute approximate surface area is 85.0 Å². The molecule has 72 valence electrons. The second-order valence-corrected chi connectivity index (χ2v) is 2.40. The van der Waals surface area contributed by atoms with Crippen molar-refractivity contribution >= 4 is 18.1 Å². The van der Waals surface area contributed by atoms with Gasteiger partial charge in [-0.15, -0.1) is 19.0 Å². The number of ether oxygens (including phenoxy) is 1. The van der Waals surface area contributed by atoms with Gasteiger partial charge >= 0.3 is 0 Å². The molecular weight excluding hydrogens is 186 g/mol. The summed E-state index contributed by atoms with van der Waals surface area (Å²) in [5, 5.41) is 3.17. The van der Waals surface area contributed by atoms with Gasteiger partial charge in [-0.3, -0.25) is 0 Å². The summed E-state index contributed by atoms with van der Waals surface area (Å²) in [6, 6.07) is 7.79. The van der Waals surface area contributed by atoms with Gasteiger partial charge in [-0.2, -0.15) is 0 Å². The van der Waals surface area contributed by atoms with E-state index in [1.165, 1.54) is 0 Å². The van der Waals surface area contributed by atoms with E-state index in [1.54, 1.807) is 7.11 Å². The smallest absolute Gasteiger partial charge is 0.119 e. The maximum absolute atomic E-state index is 5.03. The van der Waals surface area contributed by atoms with Crippen molar-refractivity contribution in [3.63, 3.8) is 0 Å². The lowest BCUT2D eigenvalue weighted by Gasteiger charge is -2.03. The number of methoxy groups -OCH3 is 1. The molecule has 0 atom stereocenters. The van der Waals surface area contributed by atoms with Crippen molar-refractivity contribution in [1.29, 1.82) is 0 Å². The molecule has 0 unspecified atom stereocenters. The van der Waals surface area contributed by atoms with E-state index in [4.69, 9.17) is 4.74 Å². The third-order valence-electron chi connectivity index (χ3n) is 1.54. The minimum absolute atomic E-state index is 0. The van der Waals surface area contributed by atoms with Crippen LogP contribution in [0.5, 0.6) is 5.75 Å². The summed E-state index contributed by atoms with van der Waals surface area (Å²) >= 11 is 0. The molecule has 1 N–H and O–H groups in total. The van der Waals surface area contributed by atoms with Crippen LogP contribution in [0.15, 0.2) is 36.9 Å². The van der Waals surface area contributed by atoms with E-state index in [0.29, 0.717) is 0 Å². The molecule has 0 aliphatic rings. The van der Waals surface area contributed by atoms with Crippen LogP contribution in [-0.2, 0) is 0 Å². The molecule has 0 fully saturated rings. The first-order chi connectivity index (χ1) is 5.86. The first-order valence-corrected chi connectivity index (χ1v) is 3.85. The Balaban J connectivity index is 0.00000144. The number of benzene rings is 1. The monoisotopic (exact) mass is 199 g/mol. The molecule has 0 bridgehead atoms. The molecule has 3 heteroatoms. The van der Waals surface area contributed by atoms with Crippen LogP contribution in [-0.4, -0.2) is 13.7 Å². The van der Waals surface area contributed by atoms with Gasteiger partial charge in [-0.1, -0.05) is 6.08 Å². The largest absolute Gasteiger partial charge is 0.497 e. The van der Waals surface area contributed by atoms with Crippen molar-refractivity contribution in [3.8, 4) is 5.75 Å².